The average Bonchev–Trinajstić information content (AvgIpc) is 2.66. The minimum absolute atomic E-state index is 0.113. The Hall–Kier alpha value is -1.66. The molecule has 0 saturated carbocycles. The Morgan fingerprint density at radius 3 is 2.65 bits per heavy atom. The lowest BCUT2D eigenvalue weighted by atomic mass is 10.2. The highest BCUT2D eigenvalue weighted by Gasteiger charge is 2.29. The van der Waals surface area contributed by atoms with E-state index in [1.54, 1.807) is 24.3 Å². The molecule has 1 aliphatic rings. The van der Waals surface area contributed by atoms with Crippen molar-refractivity contribution in [2.24, 2.45) is 4.40 Å². The predicted molar refractivity (Wildman–Crippen MR) is 79.7 cm³/mol. The Kier molecular flexibility index (Phi) is 3.14. The first-order valence-electron chi connectivity index (χ1n) is 5.86. The largest absolute Gasteiger partial charge is 0.438 e. The molecule has 6 heteroatoms. The molecule has 1 aliphatic heterocycles. The molecule has 0 saturated heterocycles. The second-order valence-corrected chi connectivity index (χ2v) is 6.81. The van der Waals surface area contributed by atoms with Crippen LogP contribution >= 0.6 is 15.9 Å². The zero-order valence-corrected chi connectivity index (χ0v) is 12.9. The minimum atomic E-state index is -3.64. The van der Waals surface area contributed by atoms with Gasteiger partial charge in [-0.1, -0.05) is 28.1 Å². The van der Waals surface area contributed by atoms with Crippen molar-refractivity contribution in [2.75, 3.05) is 0 Å². The first kappa shape index (κ1) is 13.3. The van der Waals surface area contributed by atoms with Crippen LogP contribution in [0.15, 0.2) is 56.2 Å². The maximum atomic E-state index is 11.9. The first-order chi connectivity index (χ1) is 9.47. The number of aryl methyl sites for hydroxylation is 1. The minimum Gasteiger partial charge on any atom is -0.438 e. The molecule has 1 heterocycles. The number of ether oxygens (including phenoxy) is 1. The van der Waals surface area contributed by atoms with Crippen LogP contribution in [0, 0.1) is 6.92 Å². The van der Waals surface area contributed by atoms with Gasteiger partial charge in [-0.3, -0.25) is 0 Å². The van der Waals surface area contributed by atoms with Crippen LogP contribution in [-0.2, 0) is 10.0 Å². The summed E-state index contributed by atoms with van der Waals surface area (Å²) in [5, 5.41) is 0. The van der Waals surface area contributed by atoms with E-state index in [0.29, 0.717) is 11.3 Å². The number of hydrogen-bond acceptors (Lipinski definition) is 3. The van der Waals surface area contributed by atoms with Crippen molar-refractivity contribution < 1.29 is 13.2 Å². The molecule has 4 nitrogen and oxygen atoms in total. The average molecular weight is 352 g/mol. The number of rotatable bonds is 1. The van der Waals surface area contributed by atoms with Crippen LogP contribution in [0.5, 0.6) is 5.75 Å². The number of fused-ring (bicyclic) bond motifs is 1. The number of nitrogens with zero attached hydrogens (tertiary/aromatic N) is 1. The lowest BCUT2D eigenvalue weighted by Gasteiger charge is -2.07. The third-order valence-corrected chi connectivity index (χ3v) is 5.15. The third kappa shape index (κ3) is 2.25. The normalized spacial score (nSPS) is 15.6. The Morgan fingerprint density at radius 2 is 1.90 bits per heavy atom. The lowest BCUT2D eigenvalue weighted by molar-refractivity contribution is 0.553. The molecule has 0 bridgehead atoms. The van der Waals surface area contributed by atoms with Gasteiger partial charge in [-0.2, -0.15) is 8.42 Å². The Bertz CT molecular complexity index is 828. The SMILES string of the molecule is Cc1cc(OC2=NS(=O)(=O)c3ccccc32)ccc1Br. The molecule has 102 valence electrons. The number of benzene rings is 2. The molecule has 0 N–H and O–H groups in total. The van der Waals surface area contributed by atoms with Crippen LogP contribution in [0.4, 0.5) is 0 Å². The fourth-order valence-corrected chi connectivity index (χ4v) is 3.32. The van der Waals surface area contributed by atoms with Crippen LogP contribution in [0.2, 0.25) is 0 Å². The first-order valence-corrected chi connectivity index (χ1v) is 8.09. The second kappa shape index (κ2) is 4.71. The molecule has 2 aromatic rings. The number of sulfonamides is 1. The van der Waals surface area contributed by atoms with Crippen molar-refractivity contribution in [1.82, 2.24) is 0 Å². The zero-order chi connectivity index (χ0) is 14.3. The molecule has 0 unspecified atom stereocenters. The van der Waals surface area contributed by atoms with Gasteiger partial charge in [0, 0.05) is 4.47 Å². The fourth-order valence-electron chi connectivity index (χ4n) is 1.94. The van der Waals surface area contributed by atoms with Gasteiger partial charge in [0.1, 0.15) is 10.6 Å². The number of halogens is 1. The summed E-state index contributed by atoms with van der Waals surface area (Å²) in [6, 6.07) is 12.1. The lowest BCUT2D eigenvalue weighted by Crippen LogP contribution is -2.07. The smallest absolute Gasteiger partial charge is 0.286 e. The maximum absolute atomic E-state index is 11.9. The highest BCUT2D eigenvalue weighted by atomic mass is 79.9. The van der Waals surface area contributed by atoms with E-state index in [1.807, 2.05) is 19.1 Å². The van der Waals surface area contributed by atoms with Gasteiger partial charge in [0.2, 0.25) is 5.90 Å². The summed E-state index contributed by atoms with van der Waals surface area (Å²) in [6.45, 7) is 1.93. The molecule has 0 aliphatic carbocycles. The molecule has 0 fully saturated rings. The summed E-state index contributed by atoms with van der Waals surface area (Å²) < 4.78 is 34.1. The quantitative estimate of drug-likeness (QED) is 0.792. The van der Waals surface area contributed by atoms with Crippen LogP contribution in [-0.4, -0.2) is 14.3 Å². The summed E-state index contributed by atoms with van der Waals surface area (Å²) in [6.07, 6.45) is 0. The Balaban J connectivity index is 2.02. The molecule has 2 aromatic carbocycles. The highest BCUT2D eigenvalue weighted by molar-refractivity contribution is 9.10. The molecule has 0 aromatic heterocycles. The zero-order valence-electron chi connectivity index (χ0n) is 10.5. The van der Waals surface area contributed by atoms with E-state index in [0.717, 1.165) is 10.0 Å². The van der Waals surface area contributed by atoms with Gasteiger partial charge in [-0.05, 0) is 42.8 Å². The van der Waals surface area contributed by atoms with Gasteiger partial charge in [0.15, 0.2) is 0 Å². The van der Waals surface area contributed by atoms with Gasteiger partial charge in [-0.15, -0.1) is 4.40 Å². The van der Waals surface area contributed by atoms with E-state index < -0.39 is 10.0 Å². The van der Waals surface area contributed by atoms with E-state index in [2.05, 4.69) is 20.3 Å². The van der Waals surface area contributed by atoms with Crippen molar-refractivity contribution in [2.45, 2.75) is 11.8 Å². The molecular weight excluding hydrogens is 342 g/mol. The van der Waals surface area contributed by atoms with Crippen LogP contribution in [0.3, 0.4) is 0 Å². The van der Waals surface area contributed by atoms with Crippen molar-refractivity contribution in [1.29, 1.82) is 0 Å². The van der Waals surface area contributed by atoms with Gasteiger partial charge in [0.25, 0.3) is 10.0 Å². The highest BCUT2D eigenvalue weighted by Crippen LogP contribution is 2.28. The van der Waals surface area contributed by atoms with Gasteiger partial charge in [-0.25, -0.2) is 0 Å². The standard InChI is InChI=1S/C14H10BrNO3S/c1-9-8-10(6-7-12(9)15)19-14-11-4-2-3-5-13(11)20(17,18)16-14/h2-8H,1H3. The van der Waals surface area contributed by atoms with Crippen LogP contribution in [0.25, 0.3) is 0 Å². The van der Waals surface area contributed by atoms with Crippen LogP contribution in [0.1, 0.15) is 11.1 Å². The van der Waals surface area contributed by atoms with Crippen molar-refractivity contribution >= 4 is 31.9 Å². The topological polar surface area (TPSA) is 55.7 Å². The van der Waals surface area contributed by atoms with E-state index in [-0.39, 0.29) is 10.8 Å². The fraction of sp³-hybridized carbons (Fsp3) is 0.0714. The van der Waals surface area contributed by atoms with Crippen LogP contribution < -0.4 is 4.74 Å². The summed E-state index contributed by atoms with van der Waals surface area (Å²) in [4.78, 5) is 0.184. The van der Waals surface area contributed by atoms with Gasteiger partial charge < -0.3 is 4.74 Å². The number of hydrogen-bond donors (Lipinski definition) is 0. The van der Waals surface area contributed by atoms with E-state index in [4.69, 9.17) is 4.74 Å². The molecular formula is C14H10BrNO3S. The van der Waals surface area contributed by atoms with E-state index >= 15 is 0 Å². The summed E-state index contributed by atoms with van der Waals surface area (Å²) >= 11 is 3.40. The van der Waals surface area contributed by atoms with Gasteiger partial charge in [0.05, 0.1) is 5.56 Å². The molecule has 0 amide bonds. The molecule has 20 heavy (non-hydrogen) atoms. The molecule has 0 radical (unpaired) electrons. The van der Waals surface area contributed by atoms with E-state index in [1.165, 1.54) is 6.07 Å². The second-order valence-electron chi connectivity index (χ2n) is 4.38. The van der Waals surface area contributed by atoms with E-state index in [9.17, 15) is 8.42 Å². The molecule has 3 rings (SSSR count). The monoisotopic (exact) mass is 351 g/mol. The van der Waals surface area contributed by atoms with Crippen molar-refractivity contribution in [3.8, 4) is 5.75 Å². The summed E-state index contributed by atoms with van der Waals surface area (Å²) in [5.74, 6) is 0.665. The van der Waals surface area contributed by atoms with Crippen molar-refractivity contribution in [3.63, 3.8) is 0 Å². The molecule has 0 atom stereocenters. The maximum Gasteiger partial charge on any atom is 0.286 e. The third-order valence-electron chi connectivity index (χ3n) is 2.94. The molecule has 0 spiro atoms. The summed E-state index contributed by atoms with van der Waals surface area (Å²) in [7, 11) is -3.64. The Labute approximate surface area is 125 Å². The predicted octanol–water partition coefficient (Wildman–Crippen LogP) is 3.29. The summed E-state index contributed by atoms with van der Waals surface area (Å²) in [5.41, 5.74) is 1.49. The van der Waals surface area contributed by atoms with Crippen molar-refractivity contribution in [3.05, 3.63) is 58.1 Å². The van der Waals surface area contributed by atoms with Gasteiger partial charge >= 0.3 is 0 Å². The Morgan fingerprint density at radius 1 is 1.15 bits per heavy atom.